The van der Waals surface area contributed by atoms with E-state index in [-0.39, 0.29) is 6.10 Å². The smallest absolute Gasteiger partial charge is 0.127 e. The van der Waals surface area contributed by atoms with Crippen molar-refractivity contribution in [2.24, 2.45) is 0 Å². The number of nitrogens with one attached hydrogen (secondary N) is 1. The first kappa shape index (κ1) is 11.9. The Bertz CT molecular complexity index is 476. The molecule has 0 aliphatic heterocycles. The largest absolute Gasteiger partial charge is 0.488 e. The van der Waals surface area contributed by atoms with Crippen LogP contribution in [0.15, 0.2) is 42.5 Å². The molecule has 0 aliphatic rings. The molecule has 0 heterocycles. The Morgan fingerprint density at radius 2 is 1.88 bits per heavy atom. The number of hydrogen-bond acceptors (Lipinski definition) is 2. The Balaban J connectivity index is 2.28. The molecule has 0 fully saturated rings. The minimum Gasteiger partial charge on any atom is -0.488 e. The fraction of sp³-hybridized carbons (Fsp3) is 0.333. The summed E-state index contributed by atoms with van der Waals surface area (Å²) in [5.74, 6) is 0.977. The van der Waals surface area contributed by atoms with Gasteiger partial charge < -0.3 is 10.1 Å². The van der Waals surface area contributed by atoms with Crippen molar-refractivity contribution in [3.63, 3.8) is 0 Å². The number of rotatable bonds is 5. The SMILES string of the molecule is CCC(CNC)Oc1cccc2ccccc12. The highest BCUT2D eigenvalue weighted by Crippen LogP contribution is 2.26. The summed E-state index contributed by atoms with van der Waals surface area (Å²) < 4.78 is 6.05. The van der Waals surface area contributed by atoms with E-state index in [1.165, 1.54) is 10.8 Å². The van der Waals surface area contributed by atoms with Crippen molar-refractivity contribution in [2.45, 2.75) is 19.4 Å². The van der Waals surface area contributed by atoms with E-state index in [9.17, 15) is 0 Å². The van der Waals surface area contributed by atoms with Gasteiger partial charge in [-0.15, -0.1) is 0 Å². The maximum absolute atomic E-state index is 6.05. The summed E-state index contributed by atoms with van der Waals surface area (Å²) in [5, 5.41) is 5.57. The van der Waals surface area contributed by atoms with Gasteiger partial charge in [-0.25, -0.2) is 0 Å². The number of fused-ring (bicyclic) bond motifs is 1. The molecule has 0 saturated heterocycles. The van der Waals surface area contributed by atoms with Crippen LogP contribution in [0.4, 0.5) is 0 Å². The zero-order valence-corrected chi connectivity index (χ0v) is 10.4. The van der Waals surface area contributed by atoms with Crippen LogP contribution >= 0.6 is 0 Å². The van der Waals surface area contributed by atoms with Crippen molar-refractivity contribution in [3.8, 4) is 5.75 Å². The zero-order chi connectivity index (χ0) is 12.1. The second-order valence-electron chi connectivity index (χ2n) is 4.18. The monoisotopic (exact) mass is 229 g/mol. The molecule has 0 amide bonds. The van der Waals surface area contributed by atoms with Crippen molar-refractivity contribution >= 4 is 10.8 Å². The normalized spacial score (nSPS) is 12.6. The Morgan fingerprint density at radius 3 is 2.65 bits per heavy atom. The molecule has 0 aliphatic carbocycles. The first-order chi connectivity index (χ1) is 8.35. The van der Waals surface area contributed by atoms with E-state index in [1.807, 2.05) is 25.2 Å². The van der Waals surface area contributed by atoms with Crippen LogP contribution in [0.2, 0.25) is 0 Å². The highest BCUT2D eigenvalue weighted by atomic mass is 16.5. The van der Waals surface area contributed by atoms with Crippen LogP contribution in [0, 0.1) is 0 Å². The van der Waals surface area contributed by atoms with E-state index < -0.39 is 0 Å². The van der Waals surface area contributed by atoms with E-state index in [0.717, 1.165) is 18.7 Å². The molecule has 2 rings (SSSR count). The molecular weight excluding hydrogens is 210 g/mol. The van der Waals surface area contributed by atoms with Crippen molar-refractivity contribution in [3.05, 3.63) is 42.5 Å². The fourth-order valence-electron chi connectivity index (χ4n) is 1.98. The molecule has 2 aromatic carbocycles. The van der Waals surface area contributed by atoms with Crippen molar-refractivity contribution in [1.29, 1.82) is 0 Å². The van der Waals surface area contributed by atoms with Gasteiger partial charge in [0.2, 0.25) is 0 Å². The molecule has 17 heavy (non-hydrogen) atoms. The van der Waals surface area contributed by atoms with Crippen LogP contribution in [0.5, 0.6) is 5.75 Å². The molecule has 0 bridgehead atoms. The van der Waals surface area contributed by atoms with Crippen LogP contribution in [0.25, 0.3) is 10.8 Å². The maximum Gasteiger partial charge on any atom is 0.127 e. The minimum absolute atomic E-state index is 0.228. The first-order valence-electron chi connectivity index (χ1n) is 6.14. The predicted octanol–water partition coefficient (Wildman–Crippen LogP) is 3.22. The van der Waals surface area contributed by atoms with E-state index in [2.05, 4.69) is 36.5 Å². The van der Waals surface area contributed by atoms with Gasteiger partial charge >= 0.3 is 0 Å². The van der Waals surface area contributed by atoms with Gasteiger partial charge in [0, 0.05) is 11.9 Å². The van der Waals surface area contributed by atoms with Gasteiger partial charge in [-0.05, 0) is 24.9 Å². The molecule has 0 aromatic heterocycles. The third kappa shape index (κ3) is 2.77. The lowest BCUT2D eigenvalue weighted by Crippen LogP contribution is -2.28. The Morgan fingerprint density at radius 1 is 1.12 bits per heavy atom. The lowest BCUT2D eigenvalue weighted by molar-refractivity contribution is 0.199. The third-order valence-electron chi connectivity index (χ3n) is 2.93. The first-order valence-corrected chi connectivity index (χ1v) is 6.14. The third-order valence-corrected chi connectivity index (χ3v) is 2.93. The van der Waals surface area contributed by atoms with Crippen LogP contribution in [0.1, 0.15) is 13.3 Å². The predicted molar refractivity (Wildman–Crippen MR) is 72.6 cm³/mol. The molecule has 1 N–H and O–H groups in total. The number of ether oxygens (including phenoxy) is 1. The summed E-state index contributed by atoms with van der Waals surface area (Å²) in [4.78, 5) is 0. The molecule has 0 saturated carbocycles. The van der Waals surface area contributed by atoms with E-state index in [0.29, 0.717) is 0 Å². The average molecular weight is 229 g/mol. The molecule has 2 nitrogen and oxygen atoms in total. The Labute approximate surface area is 103 Å². The maximum atomic E-state index is 6.05. The van der Waals surface area contributed by atoms with Gasteiger partial charge in [0.05, 0.1) is 0 Å². The Hall–Kier alpha value is -1.54. The zero-order valence-electron chi connectivity index (χ0n) is 10.4. The van der Waals surface area contributed by atoms with Crippen LogP contribution in [-0.4, -0.2) is 19.7 Å². The number of hydrogen-bond donors (Lipinski definition) is 1. The van der Waals surface area contributed by atoms with Crippen LogP contribution in [0.3, 0.4) is 0 Å². The van der Waals surface area contributed by atoms with Crippen LogP contribution in [-0.2, 0) is 0 Å². The molecule has 2 aromatic rings. The highest BCUT2D eigenvalue weighted by molar-refractivity contribution is 5.88. The average Bonchev–Trinajstić information content (AvgIpc) is 2.38. The quantitative estimate of drug-likeness (QED) is 0.850. The molecule has 1 unspecified atom stereocenters. The van der Waals surface area contributed by atoms with E-state index in [4.69, 9.17) is 4.74 Å². The van der Waals surface area contributed by atoms with Gasteiger partial charge in [-0.3, -0.25) is 0 Å². The van der Waals surface area contributed by atoms with Crippen LogP contribution < -0.4 is 10.1 Å². The van der Waals surface area contributed by atoms with E-state index in [1.54, 1.807) is 0 Å². The Kier molecular flexibility index (Phi) is 3.99. The highest BCUT2D eigenvalue weighted by Gasteiger charge is 2.08. The molecule has 0 spiro atoms. The minimum atomic E-state index is 0.228. The van der Waals surface area contributed by atoms with Gasteiger partial charge in [-0.1, -0.05) is 43.3 Å². The number of likely N-dealkylation sites (N-methyl/N-ethyl adjacent to an activating group) is 1. The fourth-order valence-corrected chi connectivity index (χ4v) is 1.98. The topological polar surface area (TPSA) is 21.3 Å². The van der Waals surface area contributed by atoms with Crippen molar-refractivity contribution < 1.29 is 4.74 Å². The second kappa shape index (κ2) is 5.69. The summed E-state index contributed by atoms with van der Waals surface area (Å²) in [7, 11) is 1.95. The van der Waals surface area contributed by atoms with Gasteiger partial charge in [-0.2, -0.15) is 0 Å². The molecule has 1 atom stereocenters. The van der Waals surface area contributed by atoms with Crippen molar-refractivity contribution in [1.82, 2.24) is 5.32 Å². The summed E-state index contributed by atoms with van der Waals surface area (Å²) in [6.45, 7) is 3.02. The summed E-state index contributed by atoms with van der Waals surface area (Å²) >= 11 is 0. The second-order valence-corrected chi connectivity index (χ2v) is 4.18. The standard InChI is InChI=1S/C15H19NO/c1-3-13(11-16-2)17-15-10-6-8-12-7-4-5-9-14(12)15/h4-10,13,16H,3,11H2,1-2H3. The molecule has 0 radical (unpaired) electrons. The molecule has 90 valence electrons. The summed E-state index contributed by atoms with van der Waals surface area (Å²) in [6.07, 6.45) is 1.23. The van der Waals surface area contributed by atoms with Gasteiger partial charge in [0.1, 0.15) is 11.9 Å². The van der Waals surface area contributed by atoms with Crippen molar-refractivity contribution in [2.75, 3.05) is 13.6 Å². The molecular formula is C15H19NO. The summed E-state index contributed by atoms with van der Waals surface area (Å²) in [6, 6.07) is 14.5. The van der Waals surface area contributed by atoms with E-state index >= 15 is 0 Å². The lowest BCUT2D eigenvalue weighted by Gasteiger charge is -2.18. The molecule has 2 heteroatoms. The lowest BCUT2D eigenvalue weighted by atomic mass is 10.1. The van der Waals surface area contributed by atoms with Gasteiger partial charge in [0.15, 0.2) is 0 Å². The van der Waals surface area contributed by atoms with Gasteiger partial charge in [0.25, 0.3) is 0 Å². The number of benzene rings is 2. The summed E-state index contributed by atoms with van der Waals surface area (Å²) in [5.41, 5.74) is 0.